The number of nitrogens with zero attached hydrogens (tertiary/aromatic N) is 1. The van der Waals surface area contributed by atoms with Gasteiger partial charge in [-0.3, -0.25) is 0 Å². The highest BCUT2D eigenvalue weighted by Gasteiger charge is 2.66. The molecule has 0 N–H and O–H groups in total. The van der Waals surface area contributed by atoms with Gasteiger partial charge in [-0.15, -0.1) is 0 Å². The second kappa shape index (κ2) is 11.8. The predicted molar refractivity (Wildman–Crippen MR) is 239 cm³/mol. The number of ether oxygens (including phenoxy) is 1. The SMILES string of the molecule is CC1(C)CCC(C)(C)c2cc(N(c3ccc4c(c3)C(C)(C)c3ccccc3-4)c3cc4c(cc3-c3ccccc3)Oc3ccccc3C43C4CC5CC(C4)C3C5)ccc21. The number of hydrogen-bond donors (Lipinski definition) is 0. The summed E-state index contributed by atoms with van der Waals surface area (Å²) < 4.78 is 7.12. The fourth-order valence-corrected chi connectivity index (χ4v) is 13.8. The van der Waals surface area contributed by atoms with Gasteiger partial charge >= 0.3 is 0 Å². The third-order valence-corrected chi connectivity index (χ3v) is 16.6. The molecule has 4 bridgehead atoms. The van der Waals surface area contributed by atoms with Gasteiger partial charge in [0.1, 0.15) is 11.5 Å². The molecule has 7 aliphatic rings. The van der Waals surface area contributed by atoms with Crippen LogP contribution in [0.25, 0.3) is 22.3 Å². The van der Waals surface area contributed by atoms with Crippen molar-refractivity contribution < 1.29 is 4.74 Å². The van der Waals surface area contributed by atoms with Crippen molar-refractivity contribution in [2.24, 2.45) is 23.7 Å². The molecule has 58 heavy (non-hydrogen) atoms. The molecular weight excluding hydrogens is 703 g/mol. The van der Waals surface area contributed by atoms with E-state index in [1.54, 1.807) is 0 Å². The van der Waals surface area contributed by atoms with Gasteiger partial charge in [-0.05, 0) is 154 Å². The Kier molecular flexibility index (Phi) is 7.09. The lowest BCUT2D eigenvalue weighted by molar-refractivity contribution is 0.173. The number of anilines is 3. The molecule has 0 aromatic heterocycles. The molecular formula is C56H55NO. The number of para-hydroxylation sites is 1. The number of rotatable bonds is 4. The van der Waals surface area contributed by atoms with Crippen molar-refractivity contribution >= 4 is 17.1 Å². The monoisotopic (exact) mass is 757 g/mol. The summed E-state index contributed by atoms with van der Waals surface area (Å²) in [4.78, 5) is 2.64. The lowest BCUT2D eigenvalue weighted by atomic mass is 9.56. The summed E-state index contributed by atoms with van der Waals surface area (Å²) in [7, 11) is 0. The minimum absolute atomic E-state index is 0.0408. The fourth-order valence-electron chi connectivity index (χ4n) is 13.8. The van der Waals surface area contributed by atoms with Crippen LogP contribution in [-0.4, -0.2) is 0 Å². The van der Waals surface area contributed by atoms with Crippen molar-refractivity contribution in [3.05, 3.63) is 161 Å². The van der Waals surface area contributed by atoms with Gasteiger partial charge in [0.2, 0.25) is 0 Å². The molecule has 6 aliphatic carbocycles. The van der Waals surface area contributed by atoms with Gasteiger partial charge in [-0.25, -0.2) is 0 Å². The summed E-state index contributed by atoms with van der Waals surface area (Å²) in [6.07, 6.45) is 7.79. The summed E-state index contributed by atoms with van der Waals surface area (Å²) in [6.45, 7) is 14.6. The zero-order chi connectivity index (χ0) is 39.3. The maximum absolute atomic E-state index is 7.12. The highest BCUT2D eigenvalue weighted by atomic mass is 16.5. The van der Waals surface area contributed by atoms with E-state index in [-0.39, 0.29) is 21.7 Å². The summed E-state index contributed by atoms with van der Waals surface area (Å²) >= 11 is 0. The number of benzene rings is 6. The maximum Gasteiger partial charge on any atom is 0.132 e. The van der Waals surface area contributed by atoms with Crippen molar-refractivity contribution in [3.63, 3.8) is 0 Å². The molecule has 5 atom stereocenters. The Morgan fingerprint density at radius 3 is 1.97 bits per heavy atom. The highest BCUT2D eigenvalue weighted by molar-refractivity contribution is 5.92. The minimum Gasteiger partial charge on any atom is -0.457 e. The minimum atomic E-state index is -0.114. The lowest BCUT2D eigenvalue weighted by Gasteiger charge is -2.49. The molecule has 4 saturated carbocycles. The first-order valence-electron chi connectivity index (χ1n) is 22.2. The Labute approximate surface area is 345 Å². The van der Waals surface area contributed by atoms with E-state index in [0.29, 0.717) is 11.8 Å². The van der Waals surface area contributed by atoms with Crippen LogP contribution >= 0.6 is 0 Å². The summed E-state index contributed by atoms with van der Waals surface area (Å²) in [6, 6.07) is 49.1. The second-order valence-electron chi connectivity index (χ2n) is 20.8. The highest BCUT2D eigenvalue weighted by Crippen LogP contribution is 2.73. The van der Waals surface area contributed by atoms with Crippen LogP contribution in [0.1, 0.15) is 113 Å². The molecule has 2 heteroatoms. The van der Waals surface area contributed by atoms with Gasteiger partial charge in [0.25, 0.3) is 0 Å². The summed E-state index contributed by atoms with van der Waals surface area (Å²) in [5.41, 5.74) is 17.5. The molecule has 5 unspecified atom stereocenters. The van der Waals surface area contributed by atoms with E-state index in [1.807, 2.05) is 0 Å². The third kappa shape index (κ3) is 4.61. The van der Waals surface area contributed by atoms with Crippen LogP contribution in [0.15, 0.2) is 127 Å². The van der Waals surface area contributed by atoms with Gasteiger partial charge < -0.3 is 9.64 Å². The predicted octanol–water partition coefficient (Wildman–Crippen LogP) is 14.9. The largest absolute Gasteiger partial charge is 0.457 e. The molecule has 1 aliphatic heterocycles. The standard InChI is InChI=1S/C56H55NO/c1-53(2)24-25-54(3,4)48-31-39(21-23-44(48)53)57(38-20-22-41-40-16-10-11-17-43(40)55(5,6)47(41)30-38)50-33-49-52(32-42(50)35-14-8-7-9-15-35)58-51-19-13-12-18-45(51)56(49)37-27-34-26-36(29-37)46(56)28-34/h7-23,30-34,36-37,46H,24-29H2,1-6H3. The van der Waals surface area contributed by atoms with E-state index < -0.39 is 0 Å². The van der Waals surface area contributed by atoms with Crippen LogP contribution < -0.4 is 9.64 Å². The Morgan fingerprint density at radius 2 is 1.17 bits per heavy atom. The first-order valence-corrected chi connectivity index (χ1v) is 22.2. The van der Waals surface area contributed by atoms with Crippen molar-refractivity contribution in [3.8, 4) is 33.8 Å². The molecule has 1 heterocycles. The molecule has 0 radical (unpaired) electrons. The molecule has 290 valence electrons. The number of fused-ring (bicyclic) bond motifs is 6. The Morgan fingerprint density at radius 1 is 0.500 bits per heavy atom. The lowest BCUT2D eigenvalue weighted by Crippen LogP contribution is -2.44. The van der Waals surface area contributed by atoms with E-state index in [4.69, 9.17) is 4.74 Å². The Bertz CT molecular complexity index is 2680. The average Bonchev–Trinajstić information content (AvgIpc) is 3.74. The topological polar surface area (TPSA) is 12.5 Å². The molecule has 6 aromatic carbocycles. The van der Waals surface area contributed by atoms with E-state index in [2.05, 4.69) is 174 Å². The molecule has 13 rings (SSSR count). The smallest absolute Gasteiger partial charge is 0.132 e. The molecule has 1 spiro atoms. The van der Waals surface area contributed by atoms with Crippen molar-refractivity contribution in [2.75, 3.05) is 4.90 Å². The quantitative estimate of drug-likeness (QED) is 0.178. The maximum atomic E-state index is 7.12. The fraction of sp³-hybridized carbons (Fsp3) is 0.357. The van der Waals surface area contributed by atoms with Crippen LogP contribution in [0.3, 0.4) is 0 Å². The van der Waals surface area contributed by atoms with Gasteiger partial charge in [0, 0.05) is 38.9 Å². The molecule has 2 nitrogen and oxygen atoms in total. The third-order valence-electron chi connectivity index (χ3n) is 16.6. The molecule has 6 aromatic rings. The van der Waals surface area contributed by atoms with Crippen LogP contribution in [-0.2, 0) is 21.7 Å². The zero-order valence-corrected chi connectivity index (χ0v) is 35.0. The summed E-state index contributed by atoms with van der Waals surface area (Å²) in [5, 5.41) is 0. The van der Waals surface area contributed by atoms with Crippen LogP contribution in [0, 0.1) is 23.7 Å². The Balaban J connectivity index is 1.16. The van der Waals surface area contributed by atoms with E-state index in [1.165, 1.54) is 111 Å². The van der Waals surface area contributed by atoms with Crippen molar-refractivity contribution in [2.45, 2.75) is 102 Å². The van der Waals surface area contributed by atoms with Crippen molar-refractivity contribution in [1.29, 1.82) is 0 Å². The van der Waals surface area contributed by atoms with Gasteiger partial charge in [0.15, 0.2) is 0 Å². The van der Waals surface area contributed by atoms with Gasteiger partial charge in [-0.2, -0.15) is 0 Å². The van der Waals surface area contributed by atoms with Crippen molar-refractivity contribution in [1.82, 2.24) is 0 Å². The van der Waals surface area contributed by atoms with E-state index in [9.17, 15) is 0 Å². The molecule has 4 fully saturated rings. The normalized spacial score (nSPS) is 26.7. The van der Waals surface area contributed by atoms with Crippen LogP contribution in [0.4, 0.5) is 17.1 Å². The average molecular weight is 758 g/mol. The second-order valence-corrected chi connectivity index (χ2v) is 20.8. The van der Waals surface area contributed by atoms with E-state index >= 15 is 0 Å². The Hall–Kier alpha value is -5.08. The molecule has 0 saturated heterocycles. The summed E-state index contributed by atoms with van der Waals surface area (Å²) in [5.74, 6) is 5.07. The van der Waals surface area contributed by atoms with Crippen LogP contribution in [0.5, 0.6) is 11.5 Å². The van der Waals surface area contributed by atoms with Gasteiger partial charge in [-0.1, -0.05) is 126 Å². The number of hydrogen-bond acceptors (Lipinski definition) is 2. The van der Waals surface area contributed by atoms with Gasteiger partial charge in [0.05, 0.1) is 5.69 Å². The first-order chi connectivity index (χ1) is 27.9. The molecule has 0 amide bonds. The van der Waals surface area contributed by atoms with E-state index in [0.717, 1.165) is 23.3 Å². The van der Waals surface area contributed by atoms with Crippen LogP contribution in [0.2, 0.25) is 0 Å². The zero-order valence-electron chi connectivity index (χ0n) is 35.0. The first kappa shape index (κ1) is 34.9.